The van der Waals surface area contributed by atoms with Gasteiger partial charge in [-0.25, -0.2) is 0 Å². The molecule has 96 valence electrons. The van der Waals surface area contributed by atoms with Crippen LogP contribution < -0.4 is 4.74 Å². The van der Waals surface area contributed by atoms with Crippen LogP contribution in [0.25, 0.3) is 0 Å². The highest BCUT2D eigenvalue weighted by atomic mass is 16.5. The molecule has 0 amide bonds. The van der Waals surface area contributed by atoms with Crippen molar-refractivity contribution < 1.29 is 4.74 Å². The first-order valence-corrected chi connectivity index (χ1v) is 6.94. The molecule has 2 atom stereocenters. The Morgan fingerprint density at radius 3 is 2.59 bits per heavy atom. The Labute approximate surface area is 106 Å². The van der Waals surface area contributed by atoms with Gasteiger partial charge in [-0.2, -0.15) is 0 Å². The average Bonchev–Trinajstić information content (AvgIpc) is 2.35. The molecule has 0 spiro atoms. The summed E-state index contributed by atoms with van der Waals surface area (Å²) < 4.78 is 5.95. The van der Waals surface area contributed by atoms with Crippen molar-refractivity contribution in [3.8, 4) is 5.75 Å². The number of hydrogen-bond acceptors (Lipinski definition) is 1. The van der Waals surface area contributed by atoms with Gasteiger partial charge in [0.2, 0.25) is 0 Å². The molecule has 0 aliphatic heterocycles. The Morgan fingerprint density at radius 1 is 1.18 bits per heavy atom. The molecule has 1 aromatic rings. The molecule has 0 heterocycles. The normalized spacial score (nSPS) is 14.4. The van der Waals surface area contributed by atoms with Crippen LogP contribution in [0.3, 0.4) is 0 Å². The zero-order valence-electron chi connectivity index (χ0n) is 11.7. The third-order valence-corrected chi connectivity index (χ3v) is 3.34. The summed E-state index contributed by atoms with van der Waals surface area (Å²) in [6, 6.07) is 8.55. The Bertz CT molecular complexity index is 319. The van der Waals surface area contributed by atoms with E-state index in [2.05, 4.69) is 52.0 Å². The lowest BCUT2D eigenvalue weighted by Crippen LogP contribution is -2.11. The molecule has 0 aromatic heterocycles. The van der Waals surface area contributed by atoms with Gasteiger partial charge < -0.3 is 4.74 Å². The first-order chi connectivity index (χ1) is 8.17. The summed E-state index contributed by atoms with van der Waals surface area (Å²) in [7, 11) is 0. The number of benzene rings is 1. The van der Waals surface area contributed by atoms with Gasteiger partial charge in [0.05, 0.1) is 6.10 Å². The van der Waals surface area contributed by atoms with E-state index in [-0.39, 0.29) is 0 Å². The number of unbranched alkanes of at least 4 members (excludes halogenated alkanes) is 1. The van der Waals surface area contributed by atoms with E-state index in [4.69, 9.17) is 4.74 Å². The molecule has 0 aliphatic carbocycles. The van der Waals surface area contributed by atoms with Crippen molar-refractivity contribution >= 4 is 0 Å². The highest BCUT2D eigenvalue weighted by Gasteiger charge is 2.06. The molecular formula is C16H26O. The minimum Gasteiger partial charge on any atom is -0.491 e. The maximum absolute atomic E-state index is 5.95. The summed E-state index contributed by atoms with van der Waals surface area (Å²) in [5, 5.41) is 0. The molecule has 2 unspecified atom stereocenters. The zero-order chi connectivity index (χ0) is 12.7. The summed E-state index contributed by atoms with van der Waals surface area (Å²) in [5.74, 6) is 1.64. The fourth-order valence-electron chi connectivity index (χ4n) is 1.91. The van der Waals surface area contributed by atoms with E-state index in [0.717, 1.165) is 12.2 Å². The van der Waals surface area contributed by atoms with Gasteiger partial charge in [-0.1, -0.05) is 45.7 Å². The van der Waals surface area contributed by atoms with E-state index in [9.17, 15) is 0 Å². The van der Waals surface area contributed by atoms with Crippen LogP contribution in [0.2, 0.25) is 0 Å². The smallest absolute Gasteiger partial charge is 0.119 e. The molecule has 0 N–H and O–H groups in total. The van der Waals surface area contributed by atoms with Gasteiger partial charge in [0, 0.05) is 0 Å². The summed E-state index contributed by atoms with van der Waals surface area (Å²) >= 11 is 0. The van der Waals surface area contributed by atoms with Gasteiger partial charge in [-0.05, 0) is 43.4 Å². The van der Waals surface area contributed by atoms with Crippen molar-refractivity contribution in [3.63, 3.8) is 0 Å². The van der Waals surface area contributed by atoms with Crippen LogP contribution in [-0.2, 0) is 0 Å². The van der Waals surface area contributed by atoms with E-state index in [1.165, 1.54) is 24.8 Å². The maximum atomic E-state index is 5.95. The summed E-state index contributed by atoms with van der Waals surface area (Å²) in [4.78, 5) is 0. The van der Waals surface area contributed by atoms with Gasteiger partial charge in [0.1, 0.15) is 5.75 Å². The van der Waals surface area contributed by atoms with Gasteiger partial charge in [-0.15, -0.1) is 0 Å². The zero-order valence-corrected chi connectivity index (χ0v) is 11.7. The summed E-state index contributed by atoms with van der Waals surface area (Å²) in [5.41, 5.74) is 1.38. The standard InChI is InChI=1S/C16H26O/c1-5-7-9-14(4)17-16-11-8-10-15(12-16)13(3)6-2/h8,10-14H,5-7,9H2,1-4H3. The lowest BCUT2D eigenvalue weighted by molar-refractivity contribution is 0.207. The highest BCUT2D eigenvalue weighted by Crippen LogP contribution is 2.24. The molecule has 17 heavy (non-hydrogen) atoms. The van der Waals surface area contributed by atoms with Crippen molar-refractivity contribution in [2.75, 3.05) is 0 Å². The van der Waals surface area contributed by atoms with Crippen LogP contribution in [0.15, 0.2) is 24.3 Å². The largest absolute Gasteiger partial charge is 0.491 e. The van der Waals surface area contributed by atoms with Gasteiger partial charge >= 0.3 is 0 Å². The minimum atomic E-state index is 0.321. The summed E-state index contributed by atoms with van der Waals surface area (Å²) in [6.07, 6.45) is 5.12. The van der Waals surface area contributed by atoms with Crippen LogP contribution in [0.5, 0.6) is 5.75 Å². The van der Waals surface area contributed by atoms with Crippen LogP contribution in [0, 0.1) is 0 Å². The lowest BCUT2D eigenvalue weighted by atomic mass is 9.99. The predicted octanol–water partition coefficient (Wildman–Crippen LogP) is 5.16. The molecule has 0 saturated carbocycles. The molecule has 1 aromatic carbocycles. The van der Waals surface area contributed by atoms with Gasteiger partial charge in [-0.3, -0.25) is 0 Å². The molecular weight excluding hydrogens is 208 g/mol. The van der Waals surface area contributed by atoms with E-state index in [0.29, 0.717) is 12.0 Å². The molecule has 0 bridgehead atoms. The van der Waals surface area contributed by atoms with Crippen molar-refractivity contribution in [2.45, 2.75) is 65.4 Å². The minimum absolute atomic E-state index is 0.321. The molecule has 1 rings (SSSR count). The predicted molar refractivity (Wildman–Crippen MR) is 74.8 cm³/mol. The fourth-order valence-corrected chi connectivity index (χ4v) is 1.91. The summed E-state index contributed by atoms with van der Waals surface area (Å²) in [6.45, 7) is 8.86. The van der Waals surface area contributed by atoms with Crippen LogP contribution in [-0.4, -0.2) is 6.10 Å². The Balaban J connectivity index is 2.59. The number of ether oxygens (including phenoxy) is 1. The Morgan fingerprint density at radius 2 is 1.94 bits per heavy atom. The Hall–Kier alpha value is -0.980. The van der Waals surface area contributed by atoms with E-state index in [1.807, 2.05) is 0 Å². The van der Waals surface area contributed by atoms with Crippen LogP contribution in [0.4, 0.5) is 0 Å². The van der Waals surface area contributed by atoms with Crippen LogP contribution in [0.1, 0.15) is 64.9 Å². The van der Waals surface area contributed by atoms with Crippen LogP contribution >= 0.6 is 0 Å². The maximum Gasteiger partial charge on any atom is 0.119 e. The third-order valence-electron chi connectivity index (χ3n) is 3.34. The second kappa shape index (κ2) is 7.37. The number of hydrogen-bond donors (Lipinski definition) is 0. The van der Waals surface area contributed by atoms with Gasteiger partial charge in [0.15, 0.2) is 0 Å². The second-order valence-corrected chi connectivity index (χ2v) is 4.95. The third kappa shape index (κ3) is 4.80. The highest BCUT2D eigenvalue weighted by molar-refractivity contribution is 5.30. The average molecular weight is 234 g/mol. The van der Waals surface area contributed by atoms with Crippen molar-refractivity contribution in [1.29, 1.82) is 0 Å². The second-order valence-electron chi connectivity index (χ2n) is 4.95. The lowest BCUT2D eigenvalue weighted by Gasteiger charge is -2.16. The molecule has 1 nitrogen and oxygen atoms in total. The Kier molecular flexibility index (Phi) is 6.10. The molecule has 0 fully saturated rings. The number of rotatable bonds is 7. The fraction of sp³-hybridized carbons (Fsp3) is 0.625. The van der Waals surface area contributed by atoms with Crippen molar-refractivity contribution in [3.05, 3.63) is 29.8 Å². The molecule has 0 aliphatic rings. The van der Waals surface area contributed by atoms with E-state index in [1.54, 1.807) is 0 Å². The van der Waals surface area contributed by atoms with Gasteiger partial charge in [0.25, 0.3) is 0 Å². The first kappa shape index (κ1) is 14.1. The molecule has 0 saturated heterocycles. The SMILES string of the molecule is CCCCC(C)Oc1cccc(C(C)CC)c1. The topological polar surface area (TPSA) is 9.23 Å². The quantitative estimate of drug-likeness (QED) is 0.633. The first-order valence-electron chi connectivity index (χ1n) is 6.94. The van der Waals surface area contributed by atoms with Crippen molar-refractivity contribution in [1.82, 2.24) is 0 Å². The van der Waals surface area contributed by atoms with E-state index >= 15 is 0 Å². The molecule has 1 heteroatoms. The molecule has 0 radical (unpaired) electrons. The van der Waals surface area contributed by atoms with E-state index < -0.39 is 0 Å². The monoisotopic (exact) mass is 234 g/mol. The van der Waals surface area contributed by atoms with Crippen molar-refractivity contribution in [2.24, 2.45) is 0 Å².